The Labute approximate surface area is 191 Å². The molecular formula is C22H27ClN6OS. The second-order valence-electron chi connectivity index (χ2n) is 8.77. The molecule has 1 aliphatic carbocycles. The Morgan fingerprint density at radius 1 is 1.19 bits per heavy atom. The van der Waals surface area contributed by atoms with Gasteiger partial charge in [0.15, 0.2) is 0 Å². The predicted molar refractivity (Wildman–Crippen MR) is 125 cm³/mol. The zero-order valence-corrected chi connectivity index (χ0v) is 19.5. The number of nitrogens with one attached hydrogen (secondary N) is 1. The van der Waals surface area contributed by atoms with Gasteiger partial charge < -0.3 is 15.0 Å². The summed E-state index contributed by atoms with van der Waals surface area (Å²) in [5.74, 6) is 2.35. The molecule has 3 atom stereocenters. The molecule has 9 heteroatoms. The van der Waals surface area contributed by atoms with E-state index >= 15 is 0 Å². The number of benzene rings is 1. The van der Waals surface area contributed by atoms with Crippen LogP contribution in [0, 0.1) is 18.8 Å². The molecular weight excluding hydrogens is 432 g/mol. The maximum absolute atomic E-state index is 6.27. The average Bonchev–Trinajstić information content (AvgIpc) is 3.40. The van der Waals surface area contributed by atoms with E-state index in [1.165, 1.54) is 17.8 Å². The molecule has 1 N–H and O–H groups in total. The Hall–Kier alpha value is -2.32. The van der Waals surface area contributed by atoms with Crippen molar-refractivity contribution in [2.75, 3.05) is 23.3 Å². The Morgan fingerprint density at radius 2 is 1.94 bits per heavy atom. The molecule has 3 aromatic rings. The molecule has 31 heavy (non-hydrogen) atoms. The lowest BCUT2D eigenvalue weighted by molar-refractivity contribution is 0.375. The molecule has 1 aliphatic heterocycles. The van der Waals surface area contributed by atoms with E-state index in [2.05, 4.69) is 46.4 Å². The fourth-order valence-corrected chi connectivity index (χ4v) is 5.64. The van der Waals surface area contributed by atoms with Gasteiger partial charge >= 0.3 is 6.01 Å². The van der Waals surface area contributed by atoms with E-state index in [4.69, 9.17) is 21.4 Å². The molecule has 2 aromatic heterocycles. The van der Waals surface area contributed by atoms with Crippen molar-refractivity contribution in [1.82, 2.24) is 19.1 Å². The van der Waals surface area contributed by atoms with E-state index in [-0.39, 0.29) is 6.04 Å². The van der Waals surface area contributed by atoms with Crippen LogP contribution < -0.4 is 15.0 Å². The molecule has 0 spiro atoms. The highest BCUT2D eigenvalue weighted by Crippen LogP contribution is 2.41. The lowest BCUT2D eigenvalue weighted by atomic mass is 9.92. The number of aromatic nitrogens is 4. The number of nitrogens with zero attached hydrogens (tertiary/aromatic N) is 5. The standard InChI is InChI=1S/C22H27ClN6OS/c1-13(2)29-22(30-18-7-5-4-6-17(18)23)25-21(26-29)24-20-15-8-9-16(20)12-28(11-15)19-10-14(3)27-31-19/h4-7,10,13,15-16,20H,8-9,11-12H2,1-3H3,(H,24,26)/t15-,16+,20+. The van der Waals surface area contributed by atoms with Crippen LogP contribution in [0.25, 0.3) is 0 Å². The Kier molecular flexibility index (Phi) is 5.52. The first-order valence-corrected chi connectivity index (χ1v) is 12.0. The molecule has 1 saturated heterocycles. The minimum absolute atomic E-state index is 0.119. The first-order chi connectivity index (χ1) is 15.0. The molecule has 1 aromatic carbocycles. The highest BCUT2D eigenvalue weighted by atomic mass is 35.5. The second-order valence-corrected chi connectivity index (χ2v) is 9.96. The minimum Gasteiger partial charge on any atom is -0.423 e. The third-order valence-corrected chi connectivity index (χ3v) is 7.44. The normalized spacial score (nSPS) is 22.9. The van der Waals surface area contributed by atoms with Crippen molar-refractivity contribution in [2.45, 2.75) is 45.7 Å². The monoisotopic (exact) mass is 458 g/mol. The van der Waals surface area contributed by atoms with Gasteiger partial charge in [0.25, 0.3) is 0 Å². The van der Waals surface area contributed by atoms with Gasteiger partial charge in [0.05, 0.1) is 16.8 Å². The third-order valence-electron chi connectivity index (χ3n) is 6.18. The molecule has 2 fully saturated rings. The van der Waals surface area contributed by atoms with Crippen LogP contribution >= 0.6 is 23.1 Å². The van der Waals surface area contributed by atoms with Crippen LogP contribution in [0.1, 0.15) is 38.4 Å². The van der Waals surface area contributed by atoms with Crippen molar-refractivity contribution in [3.05, 3.63) is 41.0 Å². The van der Waals surface area contributed by atoms with Crippen LogP contribution in [0.3, 0.4) is 0 Å². The average molecular weight is 459 g/mol. The smallest absolute Gasteiger partial charge is 0.322 e. The molecule has 1 saturated carbocycles. The molecule has 0 amide bonds. The Morgan fingerprint density at radius 3 is 2.58 bits per heavy atom. The fourth-order valence-electron chi connectivity index (χ4n) is 4.69. The SMILES string of the molecule is Cc1cc(N2C[C@H]3CC[C@@H](C2)[C@H]3Nc2nc(Oc3ccccc3Cl)n(C(C)C)n2)sn1. The lowest BCUT2D eigenvalue weighted by Gasteiger charge is -2.38. The maximum Gasteiger partial charge on any atom is 0.322 e. The summed E-state index contributed by atoms with van der Waals surface area (Å²) in [5.41, 5.74) is 1.10. The van der Waals surface area contributed by atoms with Gasteiger partial charge in [-0.1, -0.05) is 23.7 Å². The van der Waals surface area contributed by atoms with Crippen molar-refractivity contribution >= 4 is 34.1 Å². The largest absolute Gasteiger partial charge is 0.423 e. The first kappa shape index (κ1) is 20.6. The van der Waals surface area contributed by atoms with Gasteiger partial charge in [-0.2, -0.15) is 9.36 Å². The summed E-state index contributed by atoms with van der Waals surface area (Å²) in [6.45, 7) is 8.28. The Balaban J connectivity index is 1.33. The summed E-state index contributed by atoms with van der Waals surface area (Å²) >= 11 is 7.88. The number of fused-ring (bicyclic) bond motifs is 2. The van der Waals surface area contributed by atoms with Gasteiger partial charge in [-0.05, 0) is 75.2 Å². The zero-order valence-electron chi connectivity index (χ0n) is 18.0. The summed E-state index contributed by atoms with van der Waals surface area (Å²) in [5, 5.41) is 10.2. The number of aryl methyl sites for hydroxylation is 1. The second kappa shape index (κ2) is 8.31. The first-order valence-electron chi connectivity index (χ1n) is 10.8. The van der Waals surface area contributed by atoms with E-state index in [9.17, 15) is 0 Å². The quantitative estimate of drug-likeness (QED) is 0.533. The van der Waals surface area contributed by atoms with Crippen molar-refractivity contribution in [2.24, 2.45) is 11.8 Å². The van der Waals surface area contributed by atoms with E-state index in [1.807, 2.05) is 28.9 Å². The molecule has 164 valence electrons. The summed E-state index contributed by atoms with van der Waals surface area (Å²) in [6.07, 6.45) is 2.45. The number of anilines is 2. The van der Waals surface area contributed by atoms with Gasteiger partial charge in [0.1, 0.15) is 10.8 Å². The number of para-hydroxylation sites is 1. The van der Waals surface area contributed by atoms with Gasteiger partial charge in [-0.15, -0.1) is 5.10 Å². The summed E-state index contributed by atoms with van der Waals surface area (Å²) in [4.78, 5) is 7.17. The molecule has 0 unspecified atom stereocenters. The van der Waals surface area contributed by atoms with E-state index in [0.29, 0.717) is 40.6 Å². The van der Waals surface area contributed by atoms with Crippen LogP contribution in [-0.4, -0.2) is 38.3 Å². The van der Waals surface area contributed by atoms with Crippen molar-refractivity contribution < 1.29 is 4.74 Å². The lowest BCUT2D eigenvalue weighted by Crippen LogP contribution is -2.48. The van der Waals surface area contributed by atoms with Gasteiger partial charge in [0.2, 0.25) is 5.95 Å². The predicted octanol–water partition coefficient (Wildman–Crippen LogP) is 5.40. The van der Waals surface area contributed by atoms with Crippen molar-refractivity contribution in [3.63, 3.8) is 0 Å². The topological polar surface area (TPSA) is 68.1 Å². The molecule has 0 radical (unpaired) electrons. The van der Waals surface area contributed by atoms with Gasteiger partial charge in [0, 0.05) is 19.1 Å². The third kappa shape index (κ3) is 4.11. The van der Waals surface area contributed by atoms with E-state index < -0.39 is 0 Å². The van der Waals surface area contributed by atoms with Gasteiger partial charge in [-0.25, -0.2) is 4.68 Å². The summed E-state index contributed by atoms with van der Waals surface area (Å²) in [7, 11) is 0. The molecule has 2 bridgehead atoms. The number of hydrogen-bond donors (Lipinski definition) is 1. The number of piperidine rings is 1. The van der Waals surface area contributed by atoms with Crippen LogP contribution in [-0.2, 0) is 0 Å². The van der Waals surface area contributed by atoms with Gasteiger partial charge in [-0.3, -0.25) is 0 Å². The highest BCUT2D eigenvalue weighted by molar-refractivity contribution is 7.10. The number of rotatable bonds is 6. The number of hydrogen-bond acceptors (Lipinski definition) is 7. The minimum atomic E-state index is 0.119. The molecule has 5 rings (SSSR count). The van der Waals surface area contributed by atoms with Crippen molar-refractivity contribution in [3.8, 4) is 11.8 Å². The molecule has 3 heterocycles. The number of ether oxygens (including phenoxy) is 1. The van der Waals surface area contributed by atoms with Crippen LogP contribution in [0.5, 0.6) is 11.8 Å². The number of halogens is 1. The van der Waals surface area contributed by atoms with E-state index in [1.54, 1.807) is 11.5 Å². The van der Waals surface area contributed by atoms with Crippen LogP contribution in [0.15, 0.2) is 30.3 Å². The Bertz CT molecular complexity index is 1050. The zero-order chi connectivity index (χ0) is 21.5. The summed E-state index contributed by atoms with van der Waals surface area (Å²) in [6, 6.07) is 10.6. The van der Waals surface area contributed by atoms with Crippen molar-refractivity contribution in [1.29, 1.82) is 0 Å². The van der Waals surface area contributed by atoms with E-state index in [0.717, 1.165) is 18.8 Å². The highest BCUT2D eigenvalue weighted by Gasteiger charge is 2.43. The fraction of sp³-hybridized carbons (Fsp3) is 0.500. The molecule has 2 aliphatic rings. The molecule has 7 nitrogen and oxygen atoms in total. The van der Waals surface area contributed by atoms with Crippen LogP contribution in [0.4, 0.5) is 10.9 Å². The summed E-state index contributed by atoms with van der Waals surface area (Å²) < 4.78 is 12.3. The maximum atomic E-state index is 6.27. The van der Waals surface area contributed by atoms with Crippen LogP contribution in [0.2, 0.25) is 5.02 Å².